The fraction of sp³-hybridized carbons (Fsp3) is 0.929. The Bertz CT molecular complexity index is 308. The van der Waals surface area contributed by atoms with Crippen LogP contribution in [0.25, 0.3) is 0 Å². The van der Waals surface area contributed by atoms with Crippen molar-refractivity contribution in [3.05, 3.63) is 0 Å². The van der Waals surface area contributed by atoms with Crippen LogP contribution >= 0.6 is 0 Å². The van der Waals surface area contributed by atoms with Crippen LogP contribution in [-0.2, 0) is 4.74 Å². The van der Waals surface area contributed by atoms with Gasteiger partial charge in [-0.1, -0.05) is 0 Å². The maximum atomic E-state index is 11.9. The number of rotatable bonds is 3. The molecule has 2 fully saturated rings. The number of likely N-dealkylation sites (tertiary alicyclic amines) is 1. The Balaban J connectivity index is 1.68. The highest BCUT2D eigenvalue weighted by Gasteiger charge is 2.29. The molecule has 0 aromatic rings. The van der Waals surface area contributed by atoms with Gasteiger partial charge in [-0.2, -0.15) is 0 Å². The molecule has 0 aliphatic carbocycles. The van der Waals surface area contributed by atoms with Gasteiger partial charge in [0.25, 0.3) is 0 Å². The summed E-state index contributed by atoms with van der Waals surface area (Å²) in [7, 11) is 0. The van der Waals surface area contributed by atoms with E-state index in [0.29, 0.717) is 12.1 Å². The van der Waals surface area contributed by atoms with Crippen molar-refractivity contribution in [2.75, 3.05) is 26.2 Å². The second kappa shape index (κ2) is 6.09. The summed E-state index contributed by atoms with van der Waals surface area (Å²) in [4.78, 5) is 13.7. The number of carbonyl (C=O) groups excluding carboxylic acids is 1. The van der Waals surface area contributed by atoms with E-state index in [0.717, 1.165) is 32.6 Å². The summed E-state index contributed by atoms with van der Waals surface area (Å²) < 4.78 is 5.39. The number of hydrogen-bond donors (Lipinski definition) is 2. The summed E-state index contributed by atoms with van der Waals surface area (Å²) in [5, 5.41) is 7.04. The van der Waals surface area contributed by atoms with E-state index in [-0.39, 0.29) is 6.09 Å². The summed E-state index contributed by atoms with van der Waals surface area (Å²) in [5.74, 6) is 0. The summed E-state index contributed by atoms with van der Waals surface area (Å²) in [5.41, 5.74) is -0.406. The topological polar surface area (TPSA) is 53.6 Å². The molecule has 2 N–H and O–H groups in total. The molecule has 0 saturated carbocycles. The molecule has 0 radical (unpaired) electrons. The van der Waals surface area contributed by atoms with E-state index >= 15 is 0 Å². The van der Waals surface area contributed by atoms with Gasteiger partial charge in [-0.15, -0.1) is 0 Å². The predicted molar refractivity (Wildman–Crippen MR) is 75.2 cm³/mol. The van der Waals surface area contributed by atoms with Crippen LogP contribution in [-0.4, -0.2) is 54.9 Å². The fourth-order valence-electron chi connectivity index (χ4n) is 2.66. The highest BCUT2D eigenvalue weighted by molar-refractivity contribution is 5.68. The molecule has 2 rings (SSSR count). The lowest BCUT2D eigenvalue weighted by Gasteiger charge is -2.24. The molecule has 0 spiro atoms. The number of ether oxygens (including phenoxy) is 1. The van der Waals surface area contributed by atoms with Gasteiger partial charge >= 0.3 is 6.09 Å². The van der Waals surface area contributed by atoms with Crippen molar-refractivity contribution in [1.29, 1.82) is 0 Å². The average Bonchev–Trinajstić information content (AvgIpc) is 2.96. The number of nitrogens with one attached hydrogen (secondary N) is 2. The molecular weight excluding hydrogens is 242 g/mol. The van der Waals surface area contributed by atoms with Gasteiger partial charge in [0.2, 0.25) is 0 Å². The van der Waals surface area contributed by atoms with Crippen LogP contribution in [0.15, 0.2) is 0 Å². The Morgan fingerprint density at radius 2 is 2.21 bits per heavy atom. The molecule has 2 aliphatic rings. The molecule has 0 aromatic carbocycles. The summed E-state index contributed by atoms with van der Waals surface area (Å²) >= 11 is 0. The number of hydrogen-bond acceptors (Lipinski definition) is 4. The lowest BCUT2D eigenvalue weighted by Crippen LogP contribution is -2.42. The lowest BCUT2D eigenvalue weighted by molar-refractivity contribution is 0.0291. The predicted octanol–water partition coefficient (Wildman–Crippen LogP) is 1.34. The second-order valence-electron chi connectivity index (χ2n) is 6.61. The Morgan fingerprint density at radius 1 is 1.42 bits per heavy atom. The van der Waals surface area contributed by atoms with Gasteiger partial charge in [0.15, 0.2) is 0 Å². The van der Waals surface area contributed by atoms with E-state index in [1.54, 1.807) is 0 Å². The SMILES string of the molecule is CC(C)(C)OC(=O)N1CCC(NCC2CCCN2)C1. The van der Waals surface area contributed by atoms with Gasteiger partial charge < -0.3 is 20.3 Å². The number of nitrogens with zero attached hydrogens (tertiary/aromatic N) is 1. The van der Waals surface area contributed by atoms with Gasteiger partial charge in [-0.05, 0) is 46.6 Å². The Labute approximate surface area is 116 Å². The molecule has 5 heteroatoms. The van der Waals surface area contributed by atoms with Crippen LogP contribution < -0.4 is 10.6 Å². The first kappa shape index (κ1) is 14.6. The third kappa shape index (κ3) is 4.66. The van der Waals surface area contributed by atoms with E-state index < -0.39 is 5.60 Å². The van der Waals surface area contributed by atoms with Gasteiger partial charge in [0.05, 0.1) is 0 Å². The van der Waals surface area contributed by atoms with Gasteiger partial charge in [-0.25, -0.2) is 4.79 Å². The normalized spacial score (nSPS) is 27.8. The molecule has 2 unspecified atom stereocenters. The smallest absolute Gasteiger partial charge is 0.410 e. The lowest BCUT2D eigenvalue weighted by atomic mass is 10.2. The Hall–Kier alpha value is -0.810. The fourth-order valence-corrected chi connectivity index (χ4v) is 2.66. The zero-order valence-corrected chi connectivity index (χ0v) is 12.4. The van der Waals surface area contributed by atoms with Gasteiger partial charge in [0, 0.05) is 31.7 Å². The first-order valence-corrected chi connectivity index (χ1v) is 7.39. The monoisotopic (exact) mass is 269 g/mol. The van der Waals surface area contributed by atoms with Crippen molar-refractivity contribution in [3.63, 3.8) is 0 Å². The molecule has 5 nitrogen and oxygen atoms in total. The van der Waals surface area contributed by atoms with Crippen molar-refractivity contribution in [1.82, 2.24) is 15.5 Å². The van der Waals surface area contributed by atoms with Crippen LogP contribution in [0.1, 0.15) is 40.0 Å². The first-order chi connectivity index (χ1) is 8.94. The van der Waals surface area contributed by atoms with Crippen LogP contribution in [0.3, 0.4) is 0 Å². The molecule has 2 atom stereocenters. The quantitative estimate of drug-likeness (QED) is 0.812. The molecule has 1 amide bonds. The molecule has 19 heavy (non-hydrogen) atoms. The Kier molecular flexibility index (Phi) is 4.68. The average molecular weight is 269 g/mol. The van der Waals surface area contributed by atoms with E-state index in [4.69, 9.17) is 4.74 Å². The van der Waals surface area contributed by atoms with E-state index in [1.165, 1.54) is 12.8 Å². The van der Waals surface area contributed by atoms with Crippen LogP contribution in [0.5, 0.6) is 0 Å². The highest BCUT2D eigenvalue weighted by atomic mass is 16.6. The van der Waals surface area contributed by atoms with E-state index in [1.807, 2.05) is 25.7 Å². The van der Waals surface area contributed by atoms with Crippen LogP contribution in [0, 0.1) is 0 Å². The number of amides is 1. The van der Waals surface area contributed by atoms with E-state index in [2.05, 4.69) is 10.6 Å². The molecule has 0 bridgehead atoms. The maximum absolute atomic E-state index is 11.9. The van der Waals surface area contributed by atoms with Gasteiger partial charge in [-0.3, -0.25) is 0 Å². The second-order valence-corrected chi connectivity index (χ2v) is 6.61. The molecule has 110 valence electrons. The van der Waals surface area contributed by atoms with E-state index in [9.17, 15) is 4.79 Å². The molecule has 2 aliphatic heterocycles. The molecule has 2 heterocycles. The molecular formula is C14H27N3O2. The molecule has 2 saturated heterocycles. The zero-order chi connectivity index (χ0) is 13.9. The summed E-state index contributed by atoms with van der Waals surface area (Å²) in [6, 6.07) is 1.02. The largest absolute Gasteiger partial charge is 0.444 e. The summed E-state index contributed by atoms with van der Waals surface area (Å²) in [6.07, 6.45) is 3.37. The highest BCUT2D eigenvalue weighted by Crippen LogP contribution is 2.15. The standard InChI is InChI=1S/C14H27N3O2/c1-14(2,3)19-13(18)17-8-6-12(10-17)16-9-11-5-4-7-15-11/h11-12,15-16H,4-10H2,1-3H3. The van der Waals surface area contributed by atoms with Crippen LogP contribution in [0.2, 0.25) is 0 Å². The maximum Gasteiger partial charge on any atom is 0.410 e. The van der Waals surface area contributed by atoms with Crippen molar-refractivity contribution in [2.45, 2.75) is 57.7 Å². The molecule has 0 aromatic heterocycles. The number of carbonyl (C=O) groups is 1. The Morgan fingerprint density at radius 3 is 2.84 bits per heavy atom. The van der Waals surface area contributed by atoms with Crippen molar-refractivity contribution < 1.29 is 9.53 Å². The van der Waals surface area contributed by atoms with Crippen molar-refractivity contribution in [2.24, 2.45) is 0 Å². The summed E-state index contributed by atoms with van der Waals surface area (Å²) in [6.45, 7) is 9.42. The zero-order valence-electron chi connectivity index (χ0n) is 12.4. The minimum absolute atomic E-state index is 0.184. The third-order valence-corrected chi connectivity index (χ3v) is 3.66. The minimum Gasteiger partial charge on any atom is -0.444 e. The third-order valence-electron chi connectivity index (χ3n) is 3.66. The van der Waals surface area contributed by atoms with Crippen LogP contribution in [0.4, 0.5) is 4.79 Å². The van der Waals surface area contributed by atoms with Crippen molar-refractivity contribution in [3.8, 4) is 0 Å². The van der Waals surface area contributed by atoms with Crippen molar-refractivity contribution >= 4 is 6.09 Å². The van der Waals surface area contributed by atoms with Gasteiger partial charge in [0.1, 0.15) is 5.60 Å². The first-order valence-electron chi connectivity index (χ1n) is 7.39. The minimum atomic E-state index is -0.406.